The van der Waals surface area contributed by atoms with Crippen molar-refractivity contribution in [3.63, 3.8) is 0 Å². The fraction of sp³-hybridized carbons (Fsp3) is 0.375. The molecule has 0 saturated carbocycles. The Kier molecular flexibility index (Phi) is 7.11. The molecule has 0 radical (unpaired) electrons. The van der Waals surface area contributed by atoms with Gasteiger partial charge in [0.2, 0.25) is 10.0 Å². The summed E-state index contributed by atoms with van der Waals surface area (Å²) in [6.07, 6.45) is 1.69. The van der Waals surface area contributed by atoms with E-state index in [4.69, 9.17) is 0 Å². The van der Waals surface area contributed by atoms with Crippen LogP contribution in [0.4, 0.5) is 0 Å². The second-order valence-corrected chi connectivity index (χ2v) is 9.79. The fourth-order valence-corrected chi connectivity index (χ4v) is 4.74. The summed E-state index contributed by atoms with van der Waals surface area (Å²) in [7, 11) is -6.97. The van der Waals surface area contributed by atoms with E-state index in [9.17, 15) is 26.4 Å². The van der Waals surface area contributed by atoms with E-state index in [0.29, 0.717) is 12.0 Å². The van der Waals surface area contributed by atoms with Crippen LogP contribution in [0.5, 0.6) is 0 Å². The molecule has 1 saturated heterocycles. The summed E-state index contributed by atoms with van der Waals surface area (Å²) in [4.78, 5) is 23.2. The van der Waals surface area contributed by atoms with Crippen LogP contribution >= 0.6 is 0 Å². The average Bonchev–Trinajstić information content (AvgIpc) is 2.96. The van der Waals surface area contributed by atoms with Crippen molar-refractivity contribution in [1.82, 2.24) is 10.0 Å². The van der Waals surface area contributed by atoms with Gasteiger partial charge in [-0.1, -0.05) is 30.3 Å². The number of esters is 1. The highest BCUT2D eigenvalue weighted by atomic mass is 32.2. The van der Waals surface area contributed by atoms with Crippen LogP contribution in [0, 0.1) is 0 Å². The summed E-state index contributed by atoms with van der Waals surface area (Å²) >= 11 is 0. The third-order valence-corrected chi connectivity index (χ3v) is 6.43. The lowest BCUT2D eigenvalue weighted by Crippen LogP contribution is -2.39. The standard InChI is InChI=1S/C16H20N2O7S2/c19-15(18-14-7-8-26(21,22)12-14)11-25-16(20)10-17-27(23,24)9-6-13-4-2-1-3-5-13/h1-6,9,14,17H,7-8,10-12H2,(H,18,19)/b9-6+/t14-/m0/s1. The molecule has 11 heteroatoms. The van der Waals surface area contributed by atoms with Gasteiger partial charge in [0.15, 0.2) is 16.4 Å². The van der Waals surface area contributed by atoms with Gasteiger partial charge >= 0.3 is 5.97 Å². The first-order chi connectivity index (χ1) is 12.7. The van der Waals surface area contributed by atoms with Gasteiger partial charge in [-0.15, -0.1) is 0 Å². The highest BCUT2D eigenvalue weighted by Crippen LogP contribution is 2.10. The number of sulfonamides is 1. The van der Waals surface area contributed by atoms with E-state index in [-0.39, 0.29) is 11.5 Å². The molecule has 0 unspecified atom stereocenters. The molecule has 0 spiro atoms. The van der Waals surface area contributed by atoms with Crippen molar-refractivity contribution in [3.05, 3.63) is 41.3 Å². The maximum atomic E-state index is 11.8. The Morgan fingerprint density at radius 2 is 1.93 bits per heavy atom. The number of carbonyl (C=O) groups excluding carboxylic acids is 2. The number of sulfone groups is 1. The topological polar surface area (TPSA) is 136 Å². The molecule has 0 bridgehead atoms. The predicted octanol–water partition coefficient (Wildman–Crippen LogP) is -0.577. The highest BCUT2D eigenvalue weighted by Gasteiger charge is 2.29. The zero-order valence-corrected chi connectivity index (χ0v) is 16.0. The molecule has 2 rings (SSSR count). The second kappa shape index (κ2) is 9.11. The molecule has 1 aromatic rings. The molecule has 0 aliphatic carbocycles. The van der Waals surface area contributed by atoms with Crippen LogP contribution in [0.2, 0.25) is 0 Å². The molecular formula is C16H20N2O7S2. The quantitative estimate of drug-likeness (QED) is 0.541. The Morgan fingerprint density at radius 1 is 1.22 bits per heavy atom. The number of hydrogen-bond acceptors (Lipinski definition) is 7. The number of ether oxygens (including phenoxy) is 1. The number of benzene rings is 1. The van der Waals surface area contributed by atoms with Crippen molar-refractivity contribution in [2.75, 3.05) is 24.7 Å². The molecule has 1 aliphatic rings. The summed E-state index contributed by atoms with van der Waals surface area (Å²) in [6, 6.07) is 8.24. The minimum atomic E-state index is -3.84. The van der Waals surface area contributed by atoms with Gasteiger partial charge in [-0.25, -0.2) is 21.6 Å². The van der Waals surface area contributed by atoms with Gasteiger partial charge in [0.1, 0.15) is 6.54 Å². The van der Waals surface area contributed by atoms with Crippen LogP contribution in [0.1, 0.15) is 12.0 Å². The van der Waals surface area contributed by atoms with Gasteiger partial charge in [0, 0.05) is 11.4 Å². The van der Waals surface area contributed by atoms with E-state index >= 15 is 0 Å². The van der Waals surface area contributed by atoms with Crippen LogP contribution < -0.4 is 10.0 Å². The van der Waals surface area contributed by atoms with Gasteiger partial charge < -0.3 is 10.1 Å². The van der Waals surface area contributed by atoms with Crippen LogP contribution in [-0.4, -0.2) is 59.4 Å². The van der Waals surface area contributed by atoms with Gasteiger partial charge in [-0.3, -0.25) is 9.59 Å². The first kappa shape index (κ1) is 21.1. The predicted molar refractivity (Wildman–Crippen MR) is 98.6 cm³/mol. The van der Waals surface area contributed by atoms with Gasteiger partial charge in [0.25, 0.3) is 5.91 Å². The van der Waals surface area contributed by atoms with E-state index in [1.807, 2.05) is 4.72 Å². The molecule has 1 atom stereocenters. The van der Waals surface area contributed by atoms with Crippen molar-refractivity contribution < 1.29 is 31.2 Å². The Hall–Kier alpha value is -2.24. The largest absolute Gasteiger partial charge is 0.455 e. The maximum Gasteiger partial charge on any atom is 0.321 e. The Labute approximate surface area is 157 Å². The lowest BCUT2D eigenvalue weighted by atomic mass is 10.2. The molecule has 27 heavy (non-hydrogen) atoms. The molecule has 148 valence electrons. The summed E-state index contributed by atoms with van der Waals surface area (Å²) in [6.45, 7) is -1.25. The van der Waals surface area contributed by atoms with E-state index in [2.05, 4.69) is 10.1 Å². The van der Waals surface area contributed by atoms with Crippen LogP contribution in [0.3, 0.4) is 0 Å². The van der Waals surface area contributed by atoms with E-state index in [1.54, 1.807) is 30.3 Å². The summed E-state index contributed by atoms with van der Waals surface area (Å²) < 4.78 is 52.9. The number of amides is 1. The second-order valence-electron chi connectivity index (χ2n) is 5.91. The molecule has 1 amide bonds. The van der Waals surface area contributed by atoms with Gasteiger partial charge in [-0.2, -0.15) is 0 Å². The SMILES string of the molecule is O=C(COC(=O)CNS(=O)(=O)/C=C/c1ccccc1)N[C@H]1CCS(=O)(=O)C1. The zero-order chi connectivity index (χ0) is 19.9. The first-order valence-electron chi connectivity index (χ1n) is 8.03. The monoisotopic (exact) mass is 416 g/mol. The smallest absolute Gasteiger partial charge is 0.321 e. The molecule has 0 aromatic heterocycles. The van der Waals surface area contributed by atoms with E-state index in [0.717, 1.165) is 5.41 Å². The zero-order valence-electron chi connectivity index (χ0n) is 14.3. The minimum absolute atomic E-state index is 0.00993. The average molecular weight is 416 g/mol. The lowest BCUT2D eigenvalue weighted by Gasteiger charge is -2.11. The molecule has 2 N–H and O–H groups in total. The molecule has 1 heterocycles. The minimum Gasteiger partial charge on any atom is -0.455 e. The van der Waals surface area contributed by atoms with Gasteiger partial charge in [-0.05, 0) is 18.1 Å². The van der Waals surface area contributed by atoms with Crippen LogP contribution in [-0.2, 0) is 34.2 Å². The number of rotatable bonds is 8. The Balaban J connectivity index is 1.70. The number of nitrogens with one attached hydrogen (secondary N) is 2. The maximum absolute atomic E-state index is 11.8. The van der Waals surface area contributed by atoms with Gasteiger partial charge in [0.05, 0.1) is 11.5 Å². The highest BCUT2D eigenvalue weighted by molar-refractivity contribution is 7.92. The molecule has 1 fully saturated rings. The van der Waals surface area contributed by atoms with Crippen molar-refractivity contribution in [2.24, 2.45) is 0 Å². The summed E-state index contributed by atoms with van der Waals surface area (Å²) in [5.74, 6) is -1.70. The van der Waals surface area contributed by atoms with Crippen molar-refractivity contribution in [3.8, 4) is 0 Å². The van der Waals surface area contributed by atoms with E-state index in [1.165, 1.54) is 6.08 Å². The van der Waals surface area contributed by atoms with Crippen molar-refractivity contribution in [2.45, 2.75) is 12.5 Å². The van der Waals surface area contributed by atoms with E-state index < -0.39 is 50.9 Å². The molecule has 9 nitrogen and oxygen atoms in total. The normalized spacial score (nSPS) is 19.0. The van der Waals surface area contributed by atoms with Crippen LogP contribution in [0.15, 0.2) is 35.7 Å². The third kappa shape index (κ3) is 7.89. The van der Waals surface area contributed by atoms with Crippen LogP contribution in [0.25, 0.3) is 6.08 Å². The molecule has 1 aromatic carbocycles. The number of carbonyl (C=O) groups is 2. The Morgan fingerprint density at radius 3 is 2.56 bits per heavy atom. The molecular weight excluding hydrogens is 396 g/mol. The van der Waals surface area contributed by atoms with Crippen molar-refractivity contribution in [1.29, 1.82) is 0 Å². The summed E-state index contributed by atoms with van der Waals surface area (Å²) in [5, 5.41) is 3.38. The Bertz CT molecular complexity index is 909. The lowest BCUT2D eigenvalue weighted by molar-refractivity contribution is -0.147. The number of hydrogen-bond donors (Lipinski definition) is 2. The van der Waals surface area contributed by atoms with Crippen molar-refractivity contribution >= 4 is 37.8 Å². The first-order valence-corrected chi connectivity index (χ1v) is 11.4. The third-order valence-electron chi connectivity index (χ3n) is 3.62. The molecule has 1 aliphatic heterocycles. The summed E-state index contributed by atoms with van der Waals surface area (Å²) in [5.41, 5.74) is 0.677. The fourth-order valence-electron chi connectivity index (χ4n) is 2.32.